The first kappa shape index (κ1) is 16.7. The zero-order valence-electron chi connectivity index (χ0n) is 12.4. The maximum absolute atomic E-state index is 13.6. The molecule has 1 aliphatic heterocycles. The molecule has 3 rings (SSSR count). The Balaban J connectivity index is 2.31. The molecule has 0 atom stereocenters. The number of sulfone groups is 1. The number of ether oxygens (including phenoxy) is 1. The van der Waals surface area contributed by atoms with Crippen molar-refractivity contribution in [2.45, 2.75) is 4.90 Å². The van der Waals surface area contributed by atoms with Crippen LogP contribution in [-0.4, -0.2) is 21.5 Å². The molecule has 2 aromatic rings. The van der Waals surface area contributed by atoms with E-state index in [1.54, 1.807) is 18.2 Å². The fourth-order valence-electron chi connectivity index (χ4n) is 2.38. The summed E-state index contributed by atoms with van der Waals surface area (Å²) in [5.74, 6) is -1.46. The monoisotopic (exact) mass is 411 g/mol. The van der Waals surface area contributed by atoms with Crippen LogP contribution >= 0.6 is 15.9 Å². The van der Waals surface area contributed by atoms with Crippen molar-refractivity contribution in [3.8, 4) is 0 Å². The Kier molecular flexibility index (Phi) is 4.18. The van der Waals surface area contributed by atoms with Gasteiger partial charge in [-0.2, -0.15) is 0 Å². The summed E-state index contributed by atoms with van der Waals surface area (Å²) in [5, 5.41) is 0. The lowest BCUT2D eigenvalue weighted by Crippen LogP contribution is -2.26. The molecule has 0 unspecified atom stereocenters. The topological polar surface area (TPSA) is 63.7 Å². The molecule has 0 bridgehead atoms. The number of esters is 1. The molecule has 0 aromatic heterocycles. The number of benzene rings is 2. The molecule has 0 saturated carbocycles. The van der Waals surface area contributed by atoms with E-state index in [9.17, 15) is 17.6 Å². The van der Waals surface area contributed by atoms with E-state index in [0.717, 1.165) is 13.3 Å². The van der Waals surface area contributed by atoms with Crippen molar-refractivity contribution in [1.82, 2.24) is 0 Å². The van der Waals surface area contributed by atoms with Gasteiger partial charge in [-0.15, -0.1) is 0 Å². The average molecular weight is 412 g/mol. The molecule has 24 heavy (non-hydrogen) atoms. The lowest BCUT2D eigenvalue weighted by atomic mass is 10.2. The van der Waals surface area contributed by atoms with Gasteiger partial charge in [0, 0.05) is 16.4 Å². The van der Waals surface area contributed by atoms with Crippen molar-refractivity contribution in [3.05, 3.63) is 63.9 Å². The smallest absolute Gasteiger partial charge is 0.351 e. The number of nitrogens with zero attached hydrogens (tertiary/aromatic N) is 1. The number of carbonyl (C=O) groups is 1. The van der Waals surface area contributed by atoms with E-state index >= 15 is 0 Å². The van der Waals surface area contributed by atoms with Crippen LogP contribution in [0.25, 0.3) is 0 Å². The molecular weight excluding hydrogens is 401 g/mol. The molecule has 1 heterocycles. The molecule has 0 amide bonds. The number of rotatable bonds is 2. The minimum atomic E-state index is -4.03. The van der Waals surface area contributed by atoms with Crippen LogP contribution < -0.4 is 4.90 Å². The predicted octanol–water partition coefficient (Wildman–Crippen LogP) is 3.53. The van der Waals surface area contributed by atoms with Crippen LogP contribution in [-0.2, 0) is 19.4 Å². The van der Waals surface area contributed by atoms with E-state index in [2.05, 4.69) is 20.7 Å². The number of fused-ring (bicyclic) bond motifs is 1. The highest BCUT2D eigenvalue weighted by Crippen LogP contribution is 2.41. The van der Waals surface area contributed by atoms with E-state index in [-0.39, 0.29) is 4.90 Å². The first-order chi connectivity index (χ1) is 11.3. The molecular formula is C16H11BrFNO4S. The van der Waals surface area contributed by atoms with Gasteiger partial charge < -0.3 is 9.64 Å². The molecule has 8 heteroatoms. The average Bonchev–Trinajstić information content (AvgIpc) is 2.54. The van der Waals surface area contributed by atoms with Gasteiger partial charge in [0.2, 0.25) is 9.84 Å². The van der Waals surface area contributed by atoms with Gasteiger partial charge in [0.1, 0.15) is 5.82 Å². The maximum Gasteiger partial charge on any atom is 0.351 e. The molecule has 2 aromatic carbocycles. The summed E-state index contributed by atoms with van der Waals surface area (Å²) in [7, 11) is -2.93. The Morgan fingerprint density at radius 3 is 2.62 bits per heavy atom. The van der Waals surface area contributed by atoms with Crippen molar-refractivity contribution >= 4 is 43.1 Å². The summed E-state index contributed by atoms with van der Waals surface area (Å²) < 4.78 is 44.2. The maximum atomic E-state index is 13.6. The second kappa shape index (κ2) is 6.03. The third-order valence-electron chi connectivity index (χ3n) is 3.48. The number of methoxy groups -OCH3 is 1. The Labute approximate surface area is 146 Å². The Morgan fingerprint density at radius 1 is 1.21 bits per heavy atom. The second-order valence-electron chi connectivity index (χ2n) is 4.95. The highest BCUT2D eigenvalue weighted by atomic mass is 79.9. The first-order valence-corrected chi connectivity index (χ1v) is 9.02. The van der Waals surface area contributed by atoms with Crippen molar-refractivity contribution in [2.24, 2.45) is 0 Å². The molecule has 124 valence electrons. The van der Waals surface area contributed by atoms with Crippen LogP contribution in [0.15, 0.2) is 62.9 Å². The summed E-state index contributed by atoms with van der Waals surface area (Å²) in [5.41, 5.74) is 0.688. The van der Waals surface area contributed by atoms with Crippen molar-refractivity contribution in [2.75, 3.05) is 12.0 Å². The van der Waals surface area contributed by atoms with Gasteiger partial charge in [-0.1, -0.05) is 22.0 Å². The highest BCUT2D eigenvalue weighted by molar-refractivity contribution is 9.10. The van der Waals surface area contributed by atoms with Crippen LogP contribution in [0.5, 0.6) is 0 Å². The molecule has 0 fully saturated rings. The van der Waals surface area contributed by atoms with E-state index < -0.39 is 26.5 Å². The quantitative estimate of drug-likeness (QED) is 0.707. The fraction of sp³-hybridized carbons (Fsp3) is 0.0625. The zero-order chi connectivity index (χ0) is 17.5. The summed E-state index contributed by atoms with van der Waals surface area (Å²) in [6.45, 7) is 0. The zero-order valence-corrected chi connectivity index (χ0v) is 14.8. The Morgan fingerprint density at radius 2 is 1.96 bits per heavy atom. The van der Waals surface area contributed by atoms with Crippen LogP contribution in [0.1, 0.15) is 0 Å². The van der Waals surface area contributed by atoms with Crippen LogP contribution in [0.3, 0.4) is 0 Å². The van der Waals surface area contributed by atoms with E-state index in [1.165, 1.54) is 29.2 Å². The second-order valence-corrected chi connectivity index (χ2v) is 7.75. The summed E-state index contributed by atoms with van der Waals surface area (Å²) in [6.07, 6.45) is 1.14. The van der Waals surface area contributed by atoms with Crippen molar-refractivity contribution in [3.63, 3.8) is 0 Å². The predicted molar refractivity (Wildman–Crippen MR) is 90.0 cm³/mol. The van der Waals surface area contributed by atoms with E-state index in [1.807, 2.05) is 0 Å². The largest absolute Gasteiger partial charge is 0.465 e. The lowest BCUT2D eigenvalue weighted by molar-refractivity contribution is -0.135. The van der Waals surface area contributed by atoms with E-state index in [0.29, 0.717) is 15.8 Å². The van der Waals surface area contributed by atoms with E-state index in [4.69, 9.17) is 0 Å². The number of halogens is 2. The minimum absolute atomic E-state index is 0.0575. The molecule has 0 radical (unpaired) electrons. The molecule has 0 spiro atoms. The molecule has 1 aliphatic rings. The van der Waals surface area contributed by atoms with Gasteiger partial charge in [-0.3, -0.25) is 0 Å². The SMILES string of the molecule is COC(=O)C1=CN(c2cccc(F)c2)c2cc(Br)ccc2S1(=O)=O. The van der Waals surface area contributed by atoms with Gasteiger partial charge >= 0.3 is 5.97 Å². The van der Waals surface area contributed by atoms with Crippen LogP contribution in [0.2, 0.25) is 0 Å². The molecule has 0 N–H and O–H groups in total. The van der Waals surface area contributed by atoms with Gasteiger partial charge in [-0.25, -0.2) is 17.6 Å². The number of hydrogen-bond acceptors (Lipinski definition) is 5. The first-order valence-electron chi connectivity index (χ1n) is 6.74. The van der Waals surface area contributed by atoms with Gasteiger partial charge in [0.25, 0.3) is 0 Å². The number of hydrogen-bond donors (Lipinski definition) is 0. The summed E-state index contributed by atoms with van der Waals surface area (Å²) >= 11 is 3.29. The highest BCUT2D eigenvalue weighted by Gasteiger charge is 2.36. The number of anilines is 2. The minimum Gasteiger partial charge on any atom is -0.465 e. The molecule has 0 aliphatic carbocycles. The molecule has 5 nitrogen and oxygen atoms in total. The van der Waals surface area contributed by atoms with Crippen LogP contribution in [0.4, 0.5) is 15.8 Å². The Hall–Kier alpha value is -2.19. The van der Waals surface area contributed by atoms with Crippen molar-refractivity contribution < 1.29 is 22.3 Å². The third-order valence-corrected chi connectivity index (χ3v) is 5.75. The Bertz CT molecular complexity index is 972. The van der Waals surface area contributed by atoms with Gasteiger partial charge in [-0.05, 0) is 36.4 Å². The normalized spacial score (nSPS) is 15.5. The van der Waals surface area contributed by atoms with Gasteiger partial charge in [0.15, 0.2) is 4.91 Å². The molecule has 0 saturated heterocycles. The van der Waals surface area contributed by atoms with Crippen LogP contribution in [0, 0.1) is 5.82 Å². The number of carbonyl (C=O) groups excluding carboxylic acids is 1. The summed E-state index contributed by atoms with van der Waals surface area (Å²) in [6, 6.07) is 10.2. The van der Waals surface area contributed by atoms with Gasteiger partial charge in [0.05, 0.1) is 17.7 Å². The lowest BCUT2D eigenvalue weighted by Gasteiger charge is -2.28. The third kappa shape index (κ3) is 2.71. The summed E-state index contributed by atoms with van der Waals surface area (Å²) in [4.78, 5) is 12.8. The fourth-order valence-corrected chi connectivity index (χ4v) is 4.20. The van der Waals surface area contributed by atoms with Crippen molar-refractivity contribution in [1.29, 1.82) is 0 Å². The standard InChI is InChI=1S/C16H11BrFNO4S/c1-23-16(20)15-9-19(12-4-2-3-11(18)8-12)13-7-10(17)5-6-14(13)24(15,21)22/h2-9H,1H3.